The zero-order chi connectivity index (χ0) is 16.2. The normalized spacial score (nSPS) is 10.5. The summed E-state index contributed by atoms with van der Waals surface area (Å²) in [5, 5.41) is 11.4. The van der Waals surface area contributed by atoms with Gasteiger partial charge in [-0.3, -0.25) is 14.7 Å². The van der Waals surface area contributed by atoms with Crippen LogP contribution in [0.2, 0.25) is 0 Å². The van der Waals surface area contributed by atoms with Crippen LogP contribution in [0.5, 0.6) is 11.6 Å². The number of benzene rings is 1. The van der Waals surface area contributed by atoms with Crippen LogP contribution in [0, 0.1) is 10.1 Å². The standard InChI is InChI=1S/C15H13N5O3/c1-2-11-3-5-12(6-4-11)23-15-13(20(21)22)14(17-9-18-15)19-8-7-16-10-19/h3-10H,2H2,1H3. The Labute approximate surface area is 131 Å². The van der Waals surface area contributed by atoms with E-state index in [-0.39, 0.29) is 17.4 Å². The maximum absolute atomic E-state index is 11.4. The van der Waals surface area contributed by atoms with E-state index in [1.165, 1.54) is 23.4 Å². The third-order valence-electron chi connectivity index (χ3n) is 3.25. The zero-order valence-corrected chi connectivity index (χ0v) is 12.3. The molecule has 23 heavy (non-hydrogen) atoms. The Morgan fingerprint density at radius 2 is 2.04 bits per heavy atom. The second kappa shape index (κ2) is 6.22. The first-order chi connectivity index (χ1) is 11.2. The molecule has 0 N–H and O–H groups in total. The van der Waals surface area contributed by atoms with Gasteiger partial charge in [-0.15, -0.1) is 0 Å². The summed E-state index contributed by atoms with van der Waals surface area (Å²) in [4.78, 5) is 22.6. The molecule has 3 rings (SSSR count). The summed E-state index contributed by atoms with van der Waals surface area (Å²) in [5.41, 5.74) is 0.832. The number of ether oxygens (including phenoxy) is 1. The first-order valence-corrected chi connectivity index (χ1v) is 6.93. The minimum atomic E-state index is -0.564. The average molecular weight is 311 g/mol. The fourth-order valence-electron chi connectivity index (χ4n) is 2.07. The van der Waals surface area contributed by atoms with Gasteiger partial charge >= 0.3 is 11.6 Å². The van der Waals surface area contributed by atoms with Crippen LogP contribution < -0.4 is 4.74 Å². The summed E-state index contributed by atoms with van der Waals surface area (Å²) < 4.78 is 7.02. The molecule has 3 aromatic rings. The molecule has 8 nitrogen and oxygen atoms in total. The maximum Gasteiger partial charge on any atom is 0.374 e. The number of aromatic nitrogens is 4. The average Bonchev–Trinajstić information content (AvgIpc) is 3.09. The van der Waals surface area contributed by atoms with Crippen LogP contribution in [0.4, 0.5) is 5.69 Å². The molecule has 0 amide bonds. The minimum Gasteiger partial charge on any atom is -0.434 e. The van der Waals surface area contributed by atoms with Gasteiger partial charge in [0.1, 0.15) is 18.4 Å². The second-order valence-electron chi connectivity index (χ2n) is 4.68. The lowest BCUT2D eigenvalue weighted by Gasteiger charge is -2.08. The van der Waals surface area contributed by atoms with Crippen molar-refractivity contribution in [2.24, 2.45) is 0 Å². The van der Waals surface area contributed by atoms with Gasteiger partial charge in [0.15, 0.2) is 0 Å². The van der Waals surface area contributed by atoms with Crippen molar-refractivity contribution in [3.8, 4) is 17.4 Å². The maximum atomic E-state index is 11.4. The Morgan fingerprint density at radius 1 is 1.26 bits per heavy atom. The van der Waals surface area contributed by atoms with E-state index < -0.39 is 4.92 Å². The molecule has 116 valence electrons. The van der Waals surface area contributed by atoms with Gasteiger partial charge in [-0.1, -0.05) is 19.1 Å². The van der Waals surface area contributed by atoms with Gasteiger partial charge in [0.2, 0.25) is 5.82 Å². The molecule has 0 aliphatic carbocycles. The molecule has 0 atom stereocenters. The summed E-state index contributed by atoms with van der Waals surface area (Å²) in [5.74, 6) is 0.459. The van der Waals surface area contributed by atoms with Crippen molar-refractivity contribution >= 4 is 5.69 Å². The molecule has 0 fully saturated rings. The van der Waals surface area contributed by atoms with Crippen molar-refractivity contribution < 1.29 is 9.66 Å². The van der Waals surface area contributed by atoms with E-state index in [0.29, 0.717) is 5.75 Å². The van der Waals surface area contributed by atoms with Crippen LogP contribution in [0.3, 0.4) is 0 Å². The predicted octanol–water partition coefficient (Wildman–Crippen LogP) is 2.93. The fourth-order valence-corrected chi connectivity index (χ4v) is 2.07. The first-order valence-electron chi connectivity index (χ1n) is 6.93. The van der Waals surface area contributed by atoms with Crippen molar-refractivity contribution in [3.05, 3.63) is 65.0 Å². The van der Waals surface area contributed by atoms with Gasteiger partial charge in [0, 0.05) is 12.4 Å². The first kappa shape index (κ1) is 14.6. The summed E-state index contributed by atoms with van der Waals surface area (Å²) in [6.45, 7) is 2.04. The van der Waals surface area contributed by atoms with E-state index in [1.54, 1.807) is 18.3 Å². The summed E-state index contributed by atoms with van der Waals surface area (Å²) in [6.07, 6.45) is 6.62. The number of aryl methyl sites for hydroxylation is 1. The molecule has 1 aromatic carbocycles. The van der Waals surface area contributed by atoms with Crippen LogP contribution in [0.25, 0.3) is 5.82 Å². The van der Waals surface area contributed by atoms with Crippen LogP contribution in [0.15, 0.2) is 49.3 Å². The molecule has 0 saturated carbocycles. The van der Waals surface area contributed by atoms with Crippen LogP contribution in [-0.4, -0.2) is 24.4 Å². The monoisotopic (exact) mass is 311 g/mol. The largest absolute Gasteiger partial charge is 0.434 e. The van der Waals surface area contributed by atoms with Crippen LogP contribution in [-0.2, 0) is 6.42 Å². The van der Waals surface area contributed by atoms with Gasteiger partial charge < -0.3 is 4.74 Å². The smallest absolute Gasteiger partial charge is 0.374 e. The minimum absolute atomic E-state index is 0.0997. The number of nitro groups is 1. The van der Waals surface area contributed by atoms with Crippen molar-refractivity contribution in [1.82, 2.24) is 19.5 Å². The van der Waals surface area contributed by atoms with Crippen molar-refractivity contribution in [2.75, 3.05) is 0 Å². The van der Waals surface area contributed by atoms with E-state index >= 15 is 0 Å². The Hall–Kier alpha value is -3.29. The molecule has 2 aromatic heterocycles. The van der Waals surface area contributed by atoms with Crippen molar-refractivity contribution in [3.63, 3.8) is 0 Å². The third kappa shape index (κ3) is 3.00. The number of hydrogen-bond acceptors (Lipinski definition) is 6. The van der Waals surface area contributed by atoms with E-state index in [2.05, 4.69) is 15.0 Å². The number of imidazole rings is 1. The highest BCUT2D eigenvalue weighted by Crippen LogP contribution is 2.32. The van der Waals surface area contributed by atoms with Gasteiger partial charge in [-0.25, -0.2) is 9.97 Å². The second-order valence-corrected chi connectivity index (χ2v) is 4.68. The zero-order valence-electron chi connectivity index (χ0n) is 12.3. The Kier molecular flexibility index (Phi) is 3.96. The van der Waals surface area contributed by atoms with Crippen LogP contribution in [0.1, 0.15) is 12.5 Å². The Balaban J connectivity index is 2.01. The van der Waals surface area contributed by atoms with Gasteiger partial charge in [0.25, 0.3) is 0 Å². The molecular formula is C15H13N5O3. The molecule has 0 saturated heterocycles. The highest BCUT2D eigenvalue weighted by molar-refractivity contribution is 5.54. The molecule has 0 unspecified atom stereocenters. The number of hydrogen-bond donors (Lipinski definition) is 0. The molecule has 0 bridgehead atoms. The summed E-state index contributed by atoms with van der Waals surface area (Å²) >= 11 is 0. The van der Waals surface area contributed by atoms with Crippen molar-refractivity contribution in [1.29, 1.82) is 0 Å². The number of nitrogens with zero attached hydrogens (tertiary/aromatic N) is 5. The van der Waals surface area contributed by atoms with Gasteiger partial charge in [0.05, 0.1) is 4.92 Å². The lowest BCUT2D eigenvalue weighted by atomic mass is 10.2. The lowest BCUT2D eigenvalue weighted by Crippen LogP contribution is -2.05. The SMILES string of the molecule is CCc1ccc(Oc2ncnc(-n3ccnc3)c2[N+](=O)[O-])cc1. The lowest BCUT2D eigenvalue weighted by molar-refractivity contribution is -0.386. The highest BCUT2D eigenvalue weighted by Gasteiger charge is 2.26. The predicted molar refractivity (Wildman–Crippen MR) is 81.7 cm³/mol. The Morgan fingerprint density at radius 3 is 2.65 bits per heavy atom. The van der Waals surface area contributed by atoms with E-state index in [4.69, 9.17) is 4.74 Å². The van der Waals surface area contributed by atoms with Crippen LogP contribution >= 0.6 is 0 Å². The van der Waals surface area contributed by atoms with Gasteiger partial charge in [-0.2, -0.15) is 4.98 Å². The van der Waals surface area contributed by atoms with E-state index in [0.717, 1.165) is 12.0 Å². The molecule has 0 spiro atoms. The topological polar surface area (TPSA) is 96.0 Å². The van der Waals surface area contributed by atoms with E-state index in [1.807, 2.05) is 19.1 Å². The highest BCUT2D eigenvalue weighted by atomic mass is 16.6. The number of rotatable bonds is 5. The molecule has 0 aliphatic heterocycles. The summed E-state index contributed by atoms with van der Waals surface area (Å²) in [7, 11) is 0. The van der Waals surface area contributed by atoms with E-state index in [9.17, 15) is 10.1 Å². The fraction of sp³-hybridized carbons (Fsp3) is 0.133. The Bertz CT molecular complexity index is 816. The molecule has 0 aliphatic rings. The van der Waals surface area contributed by atoms with Gasteiger partial charge in [-0.05, 0) is 24.1 Å². The molecular weight excluding hydrogens is 298 g/mol. The molecule has 2 heterocycles. The summed E-state index contributed by atoms with van der Waals surface area (Å²) in [6, 6.07) is 7.31. The van der Waals surface area contributed by atoms with Crippen molar-refractivity contribution in [2.45, 2.75) is 13.3 Å². The third-order valence-corrected chi connectivity index (χ3v) is 3.25. The quantitative estimate of drug-likeness (QED) is 0.531. The molecule has 0 radical (unpaired) electrons. The molecule has 8 heteroatoms.